The van der Waals surface area contributed by atoms with E-state index >= 15 is 0 Å². The quantitative estimate of drug-likeness (QED) is 0.706. The van der Waals surface area contributed by atoms with Crippen molar-refractivity contribution in [2.24, 2.45) is 0 Å². The molecule has 1 aliphatic rings. The molecule has 1 saturated heterocycles. The topological polar surface area (TPSA) is 41.6 Å². The van der Waals surface area contributed by atoms with Crippen LogP contribution in [-0.4, -0.2) is 50.2 Å². The fourth-order valence-electron chi connectivity index (χ4n) is 1.62. The van der Waals surface area contributed by atoms with E-state index < -0.39 is 0 Å². The third-order valence-electron chi connectivity index (χ3n) is 2.52. The Morgan fingerprint density at radius 3 is 2.71 bits per heavy atom. The van der Waals surface area contributed by atoms with Crippen LogP contribution in [-0.2, 0) is 9.53 Å². The molecule has 0 aliphatic carbocycles. The number of ether oxygens (including phenoxy) is 1. The standard InChI is InChI=1S/C10H20N2O2/c1-3-14-8-10(13)11-9-4-6-12(2)7-5-9/h9H,3-8H2,1-2H3,(H,11,13). The van der Waals surface area contributed by atoms with Gasteiger partial charge in [-0.25, -0.2) is 0 Å². The van der Waals surface area contributed by atoms with Crippen molar-refractivity contribution in [2.75, 3.05) is 33.4 Å². The largest absolute Gasteiger partial charge is 0.372 e. The maximum Gasteiger partial charge on any atom is 0.246 e. The zero-order chi connectivity index (χ0) is 10.4. The molecule has 0 aromatic carbocycles. The van der Waals surface area contributed by atoms with Crippen LogP contribution in [0.15, 0.2) is 0 Å². The molecule has 1 N–H and O–H groups in total. The van der Waals surface area contributed by atoms with Crippen molar-refractivity contribution in [1.29, 1.82) is 0 Å². The summed E-state index contributed by atoms with van der Waals surface area (Å²) >= 11 is 0. The summed E-state index contributed by atoms with van der Waals surface area (Å²) in [5, 5.41) is 2.98. The van der Waals surface area contributed by atoms with Gasteiger partial charge in [-0.3, -0.25) is 4.79 Å². The van der Waals surface area contributed by atoms with Gasteiger partial charge in [-0.05, 0) is 39.9 Å². The Morgan fingerprint density at radius 2 is 2.14 bits per heavy atom. The maximum absolute atomic E-state index is 11.3. The van der Waals surface area contributed by atoms with E-state index in [0.29, 0.717) is 12.6 Å². The van der Waals surface area contributed by atoms with Gasteiger partial charge in [0.2, 0.25) is 5.91 Å². The van der Waals surface area contributed by atoms with Gasteiger partial charge in [0.1, 0.15) is 6.61 Å². The number of hydrogen-bond acceptors (Lipinski definition) is 3. The summed E-state index contributed by atoms with van der Waals surface area (Å²) in [5.74, 6) is 0.0152. The van der Waals surface area contributed by atoms with Gasteiger partial charge in [-0.1, -0.05) is 0 Å². The predicted molar refractivity (Wildman–Crippen MR) is 55.2 cm³/mol. The maximum atomic E-state index is 11.3. The summed E-state index contributed by atoms with van der Waals surface area (Å²) in [7, 11) is 2.11. The smallest absolute Gasteiger partial charge is 0.246 e. The van der Waals surface area contributed by atoms with Crippen molar-refractivity contribution in [3.05, 3.63) is 0 Å². The van der Waals surface area contributed by atoms with Gasteiger partial charge < -0.3 is 15.0 Å². The van der Waals surface area contributed by atoms with E-state index in [1.54, 1.807) is 0 Å². The summed E-state index contributed by atoms with van der Waals surface area (Å²) < 4.78 is 5.04. The highest BCUT2D eigenvalue weighted by Crippen LogP contribution is 2.07. The molecule has 1 rings (SSSR count). The van der Waals surface area contributed by atoms with Gasteiger partial charge in [0.15, 0.2) is 0 Å². The first kappa shape index (κ1) is 11.5. The molecule has 4 heteroatoms. The predicted octanol–water partition coefficient (Wildman–Crippen LogP) is 0.233. The zero-order valence-corrected chi connectivity index (χ0v) is 9.08. The highest BCUT2D eigenvalue weighted by Gasteiger charge is 2.17. The fraction of sp³-hybridized carbons (Fsp3) is 0.900. The first-order valence-electron chi connectivity index (χ1n) is 5.28. The molecule has 0 spiro atoms. The molecule has 1 aliphatic heterocycles. The van der Waals surface area contributed by atoms with Crippen LogP contribution in [0.5, 0.6) is 0 Å². The van der Waals surface area contributed by atoms with E-state index in [1.165, 1.54) is 0 Å². The van der Waals surface area contributed by atoms with Gasteiger partial charge in [-0.15, -0.1) is 0 Å². The van der Waals surface area contributed by atoms with Crippen LogP contribution >= 0.6 is 0 Å². The normalized spacial score (nSPS) is 19.6. The Labute approximate surface area is 85.6 Å². The van der Waals surface area contributed by atoms with Crippen LogP contribution in [0.2, 0.25) is 0 Å². The number of carbonyl (C=O) groups excluding carboxylic acids is 1. The third-order valence-corrected chi connectivity index (χ3v) is 2.52. The lowest BCUT2D eigenvalue weighted by Crippen LogP contribution is -2.44. The molecule has 1 fully saturated rings. The van der Waals surface area contributed by atoms with Crippen molar-refractivity contribution in [2.45, 2.75) is 25.8 Å². The Kier molecular flexibility index (Phi) is 4.90. The molecule has 0 saturated carbocycles. The molecule has 4 nitrogen and oxygen atoms in total. The zero-order valence-electron chi connectivity index (χ0n) is 9.08. The van der Waals surface area contributed by atoms with Crippen LogP contribution in [0.1, 0.15) is 19.8 Å². The summed E-state index contributed by atoms with van der Waals surface area (Å²) in [4.78, 5) is 13.6. The number of likely N-dealkylation sites (tertiary alicyclic amines) is 1. The van der Waals surface area contributed by atoms with E-state index in [0.717, 1.165) is 25.9 Å². The molecule has 14 heavy (non-hydrogen) atoms. The molecular weight excluding hydrogens is 180 g/mol. The number of hydrogen-bond donors (Lipinski definition) is 1. The summed E-state index contributed by atoms with van der Waals surface area (Å²) in [5.41, 5.74) is 0. The van der Waals surface area contributed by atoms with Crippen LogP contribution in [0, 0.1) is 0 Å². The first-order chi connectivity index (χ1) is 6.72. The lowest BCUT2D eigenvalue weighted by molar-refractivity contribution is -0.126. The van der Waals surface area contributed by atoms with Crippen molar-refractivity contribution < 1.29 is 9.53 Å². The van der Waals surface area contributed by atoms with E-state index in [-0.39, 0.29) is 12.5 Å². The molecule has 0 aromatic rings. The summed E-state index contributed by atoms with van der Waals surface area (Å²) in [6, 6.07) is 0.346. The minimum atomic E-state index is 0.0152. The van der Waals surface area contributed by atoms with Crippen LogP contribution < -0.4 is 5.32 Å². The van der Waals surface area contributed by atoms with Crippen molar-refractivity contribution in [3.63, 3.8) is 0 Å². The van der Waals surface area contributed by atoms with Crippen molar-refractivity contribution >= 4 is 5.91 Å². The molecule has 0 radical (unpaired) electrons. The van der Waals surface area contributed by atoms with Gasteiger partial charge in [0.05, 0.1) is 0 Å². The van der Waals surface area contributed by atoms with Gasteiger partial charge in [0, 0.05) is 12.6 Å². The first-order valence-corrected chi connectivity index (χ1v) is 5.28. The number of amides is 1. The second-order valence-electron chi connectivity index (χ2n) is 3.78. The van der Waals surface area contributed by atoms with Crippen LogP contribution in [0.4, 0.5) is 0 Å². The van der Waals surface area contributed by atoms with Gasteiger partial charge in [-0.2, -0.15) is 0 Å². The molecular formula is C10H20N2O2. The molecule has 1 heterocycles. The van der Waals surface area contributed by atoms with E-state index in [9.17, 15) is 4.79 Å². The average Bonchev–Trinajstić information content (AvgIpc) is 2.18. The fourth-order valence-corrected chi connectivity index (χ4v) is 1.62. The average molecular weight is 200 g/mol. The Balaban J connectivity index is 2.14. The highest BCUT2D eigenvalue weighted by atomic mass is 16.5. The Bertz CT molecular complexity index is 177. The second-order valence-corrected chi connectivity index (χ2v) is 3.78. The number of rotatable bonds is 4. The highest BCUT2D eigenvalue weighted by molar-refractivity contribution is 5.77. The van der Waals surface area contributed by atoms with Crippen LogP contribution in [0.3, 0.4) is 0 Å². The summed E-state index contributed by atoms with van der Waals surface area (Å²) in [6.07, 6.45) is 2.10. The lowest BCUT2D eigenvalue weighted by Gasteiger charge is -2.29. The number of nitrogens with one attached hydrogen (secondary N) is 1. The van der Waals surface area contributed by atoms with E-state index in [1.807, 2.05) is 6.92 Å². The summed E-state index contributed by atoms with van der Waals surface area (Å²) in [6.45, 7) is 4.83. The van der Waals surface area contributed by atoms with Crippen molar-refractivity contribution in [3.8, 4) is 0 Å². The molecule has 0 atom stereocenters. The Hall–Kier alpha value is -0.610. The third kappa shape index (κ3) is 4.07. The van der Waals surface area contributed by atoms with E-state index in [4.69, 9.17) is 4.74 Å². The molecule has 0 aromatic heterocycles. The van der Waals surface area contributed by atoms with Crippen molar-refractivity contribution in [1.82, 2.24) is 10.2 Å². The molecule has 82 valence electrons. The van der Waals surface area contributed by atoms with Crippen LogP contribution in [0.25, 0.3) is 0 Å². The minimum Gasteiger partial charge on any atom is -0.372 e. The van der Waals surface area contributed by atoms with E-state index in [2.05, 4.69) is 17.3 Å². The number of piperidine rings is 1. The molecule has 0 bridgehead atoms. The molecule has 0 unspecified atom stereocenters. The number of nitrogens with zero attached hydrogens (tertiary/aromatic N) is 1. The Morgan fingerprint density at radius 1 is 1.50 bits per heavy atom. The monoisotopic (exact) mass is 200 g/mol. The second kappa shape index (κ2) is 5.98. The number of carbonyl (C=O) groups is 1. The minimum absolute atomic E-state index is 0.0152. The lowest BCUT2D eigenvalue weighted by atomic mass is 10.1. The van der Waals surface area contributed by atoms with Gasteiger partial charge >= 0.3 is 0 Å². The SMILES string of the molecule is CCOCC(=O)NC1CCN(C)CC1. The molecule has 1 amide bonds. The van der Waals surface area contributed by atoms with Gasteiger partial charge in [0.25, 0.3) is 0 Å².